The SMILES string of the molecule is COC(=O)CCn1cc(I)c(C)n1. The minimum atomic E-state index is -0.205. The first-order valence-electron chi connectivity index (χ1n) is 3.90. The summed E-state index contributed by atoms with van der Waals surface area (Å²) in [6.45, 7) is 2.52. The molecule has 0 unspecified atom stereocenters. The van der Waals surface area contributed by atoms with Crippen molar-refractivity contribution in [3.63, 3.8) is 0 Å². The lowest BCUT2D eigenvalue weighted by atomic mass is 10.4. The van der Waals surface area contributed by atoms with Crippen molar-refractivity contribution in [3.8, 4) is 0 Å². The van der Waals surface area contributed by atoms with Crippen LogP contribution >= 0.6 is 22.6 Å². The molecule has 0 spiro atoms. The van der Waals surface area contributed by atoms with Crippen LogP contribution in [0, 0.1) is 10.5 Å². The van der Waals surface area contributed by atoms with Crippen molar-refractivity contribution in [2.75, 3.05) is 7.11 Å². The summed E-state index contributed by atoms with van der Waals surface area (Å²) in [7, 11) is 1.39. The van der Waals surface area contributed by atoms with Crippen molar-refractivity contribution in [1.82, 2.24) is 9.78 Å². The molecule has 13 heavy (non-hydrogen) atoms. The van der Waals surface area contributed by atoms with Crippen molar-refractivity contribution in [3.05, 3.63) is 15.5 Å². The van der Waals surface area contributed by atoms with E-state index in [4.69, 9.17) is 0 Å². The number of aryl methyl sites for hydroxylation is 2. The van der Waals surface area contributed by atoms with E-state index < -0.39 is 0 Å². The van der Waals surface area contributed by atoms with Crippen LogP contribution in [0.25, 0.3) is 0 Å². The topological polar surface area (TPSA) is 44.1 Å². The Kier molecular flexibility index (Phi) is 3.71. The summed E-state index contributed by atoms with van der Waals surface area (Å²) < 4.78 is 7.40. The number of carbonyl (C=O) groups excluding carboxylic acids is 1. The molecule has 0 fully saturated rings. The monoisotopic (exact) mass is 294 g/mol. The summed E-state index contributed by atoms with van der Waals surface area (Å²) in [5.41, 5.74) is 0.991. The van der Waals surface area contributed by atoms with Crippen LogP contribution in [0.4, 0.5) is 0 Å². The summed E-state index contributed by atoms with van der Waals surface area (Å²) in [5.74, 6) is -0.205. The van der Waals surface area contributed by atoms with Crippen LogP contribution in [0.1, 0.15) is 12.1 Å². The Morgan fingerprint density at radius 2 is 2.46 bits per heavy atom. The van der Waals surface area contributed by atoms with Gasteiger partial charge in [0.25, 0.3) is 0 Å². The van der Waals surface area contributed by atoms with Gasteiger partial charge in [0.2, 0.25) is 0 Å². The molecule has 1 aromatic heterocycles. The average Bonchev–Trinajstić information content (AvgIpc) is 2.42. The molecule has 0 atom stereocenters. The number of rotatable bonds is 3. The van der Waals surface area contributed by atoms with Gasteiger partial charge in [-0.25, -0.2) is 0 Å². The van der Waals surface area contributed by atoms with Crippen LogP contribution in [0.15, 0.2) is 6.20 Å². The summed E-state index contributed by atoms with van der Waals surface area (Å²) in [5, 5.41) is 4.22. The van der Waals surface area contributed by atoms with Crippen molar-refractivity contribution in [2.24, 2.45) is 0 Å². The molecule has 0 saturated carbocycles. The van der Waals surface area contributed by atoms with E-state index in [2.05, 4.69) is 32.4 Å². The van der Waals surface area contributed by atoms with Gasteiger partial charge in [-0.05, 0) is 29.5 Å². The number of halogens is 1. The largest absolute Gasteiger partial charge is 0.469 e. The number of nitrogens with zero attached hydrogens (tertiary/aromatic N) is 2. The van der Waals surface area contributed by atoms with Gasteiger partial charge >= 0.3 is 5.97 Å². The highest BCUT2D eigenvalue weighted by Gasteiger charge is 2.04. The lowest BCUT2D eigenvalue weighted by Crippen LogP contribution is -2.07. The second-order valence-corrected chi connectivity index (χ2v) is 3.81. The molecular weight excluding hydrogens is 283 g/mol. The minimum absolute atomic E-state index is 0.205. The van der Waals surface area contributed by atoms with Crippen LogP contribution in [0.2, 0.25) is 0 Å². The van der Waals surface area contributed by atoms with Gasteiger partial charge in [-0.2, -0.15) is 5.10 Å². The Labute approximate surface area is 90.4 Å². The lowest BCUT2D eigenvalue weighted by Gasteiger charge is -1.99. The smallest absolute Gasteiger partial charge is 0.307 e. The molecule has 4 nitrogen and oxygen atoms in total. The fourth-order valence-electron chi connectivity index (χ4n) is 0.916. The molecule has 0 aromatic carbocycles. The highest BCUT2D eigenvalue weighted by atomic mass is 127. The Balaban J connectivity index is 2.50. The molecule has 0 amide bonds. The van der Waals surface area contributed by atoms with E-state index in [9.17, 15) is 4.79 Å². The number of aromatic nitrogens is 2. The molecular formula is C8H11IN2O2. The summed E-state index contributed by atoms with van der Waals surface area (Å²) >= 11 is 2.21. The zero-order chi connectivity index (χ0) is 9.84. The minimum Gasteiger partial charge on any atom is -0.469 e. The summed E-state index contributed by atoms with van der Waals surface area (Å²) in [4.78, 5) is 10.8. The Bertz CT molecular complexity index is 290. The van der Waals surface area contributed by atoms with Gasteiger partial charge < -0.3 is 4.74 Å². The number of ether oxygens (including phenoxy) is 1. The third-order valence-corrected chi connectivity index (χ3v) is 2.72. The third-order valence-electron chi connectivity index (χ3n) is 1.66. The van der Waals surface area contributed by atoms with Crippen LogP contribution in [-0.4, -0.2) is 22.9 Å². The van der Waals surface area contributed by atoms with E-state index >= 15 is 0 Å². The number of esters is 1. The van der Waals surface area contributed by atoms with Crippen LogP contribution in [0.3, 0.4) is 0 Å². The predicted molar refractivity (Wildman–Crippen MR) is 56.3 cm³/mol. The molecule has 0 saturated heterocycles. The van der Waals surface area contributed by atoms with Crippen molar-refractivity contribution >= 4 is 28.6 Å². The Hall–Kier alpha value is -0.590. The van der Waals surface area contributed by atoms with E-state index in [1.54, 1.807) is 4.68 Å². The number of methoxy groups -OCH3 is 1. The molecule has 0 aliphatic heterocycles. The van der Waals surface area contributed by atoms with Gasteiger partial charge in [0.05, 0.1) is 29.3 Å². The molecule has 0 bridgehead atoms. The normalized spacial score (nSPS) is 10.1. The van der Waals surface area contributed by atoms with E-state index in [0.29, 0.717) is 13.0 Å². The standard InChI is InChI=1S/C8H11IN2O2/c1-6-7(9)5-11(10-6)4-3-8(12)13-2/h5H,3-4H2,1-2H3. The van der Waals surface area contributed by atoms with E-state index in [1.807, 2.05) is 13.1 Å². The van der Waals surface area contributed by atoms with Crippen LogP contribution < -0.4 is 0 Å². The molecule has 5 heteroatoms. The van der Waals surface area contributed by atoms with Gasteiger partial charge in [0, 0.05) is 6.20 Å². The second-order valence-electron chi connectivity index (χ2n) is 2.65. The predicted octanol–water partition coefficient (Wildman–Crippen LogP) is 1.36. The Morgan fingerprint density at radius 3 is 2.92 bits per heavy atom. The first kappa shape index (κ1) is 10.5. The number of hydrogen-bond donors (Lipinski definition) is 0. The molecule has 0 radical (unpaired) electrons. The molecule has 1 aromatic rings. The van der Waals surface area contributed by atoms with E-state index in [1.165, 1.54) is 7.11 Å². The zero-order valence-corrected chi connectivity index (χ0v) is 9.74. The third kappa shape index (κ3) is 2.98. The zero-order valence-electron chi connectivity index (χ0n) is 7.58. The number of carbonyl (C=O) groups is 1. The lowest BCUT2D eigenvalue weighted by molar-refractivity contribution is -0.140. The van der Waals surface area contributed by atoms with E-state index in [-0.39, 0.29) is 5.97 Å². The van der Waals surface area contributed by atoms with Crippen molar-refractivity contribution in [1.29, 1.82) is 0 Å². The van der Waals surface area contributed by atoms with E-state index in [0.717, 1.165) is 9.26 Å². The molecule has 0 N–H and O–H groups in total. The summed E-state index contributed by atoms with van der Waals surface area (Å²) in [6.07, 6.45) is 2.28. The van der Waals surface area contributed by atoms with Gasteiger partial charge in [-0.3, -0.25) is 9.48 Å². The first-order valence-corrected chi connectivity index (χ1v) is 4.97. The van der Waals surface area contributed by atoms with Crippen molar-refractivity contribution in [2.45, 2.75) is 19.9 Å². The fourth-order valence-corrected chi connectivity index (χ4v) is 1.35. The van der Waals surface area contributed by atoms with Crippen LogP contribution in [0.5, 0.6) is 0 Å². The highest BCUT2D eigenvalue weighted by Crippen LogP contribution is 2.08. The molecule has 72 valence electrons. The molecule has 0 aliphatic rings. The Morgan fingerprint density at radius 1 is 1.77 bits per heavy atom. The summed E-state index contributed by atoms with van der Waals surface area (Å²) in [6, 6.07) is 0. The fraction of sp³-hybridized carbons (Fsp3) is 0.500. The maximum absolute atomic E-state index is 10.8. The highest BCUT2D eigenvalue weighted by molar-refractivity contribution is 14.1. The quantitative estimate of drug-likeness (QED) is 0.624. The average molecular weight is 294 g/mol. The van der Waals surface area contributed by atoms with Gasteiger partial charge in [-0.15, -0.1) is 0 Å². The second kappa shape index (κ2) is 4.59. The molecule has 1 rings (SSSR count). The van der Waals surface area contributed by atoms with Gasteiger partial charge in [0.15, 0.2) is 0 Å². The van der Waals surface area contributed by atoms with Gasteiger partial charge in [-0.1, -0.05) is 0 Å². The van der Waals surface area contributed by atoms with Crippen LogP contribution in [-0.2, 0) is 16.1 Å². The molecule has 1 heterocycles. The van der Waals surface area contributed by atoms with Crippen molar-refractivity contribution < 1.29 is 9.53 Å². The first-order chi connectivity index (χ1) is 6.13. The maximum Gasteiger partial charge on any atom is 0.307 e. The van der Waals surface area contributed by atoms with Gasteiger partial charge in [0.1, 0.15) is 0 Å². The maximum atomic E-state index is 10.8. The molecule has 0 aliphatic carbocycles. The number of hydrogen-bond acceptors (Lipinski definition) is 3.